The molecule has 20 heavy (non-hydrogen) atoms. The van der Waals surface area contributed by atoms with E-state index in [1.165, 1.54) is 12.1 Å². The summed E-state index contributed by atoms with van der Waals surface area (Å²) in [6.45, 7) is 0. The van der Waals surface area contributed by atoms with Crippen LogP contribution in [0.15, 0.2) is 18.2 Å². The molecule has 1 fully saturated rings. The first-order valence-corrected chi connectivity index (χ1v) is 8.52. The summed E-state index contributed by atoms with van der Waals surface area (Å²) in [5.74, 6) is -1.09. The number of aliphatic hydroxyl groups excluding tert-OH is 1. The van der Waals surface area contributed by atoms with E-state index in [9.17, 15) is 17.9 Å². The molecule has 1 aromatic rings. The number of hydrogen-bond acceptors (Lipinski definition) is 3. The molecule has 2 atom stereocenters. The van der Waals surface area contributed by atoms with Crippen molar-refractivity contribution in [3.63, 3.8) is 0 Å². The fourth-order valence-electron chi connectivity index (χ4n) is 2.38. The molecule has 0 radical (unpaired) electrons. The minimum atomic E-state index is -3.72. The minimum Gasteiger partial charge on any atom is -0.391 e. The lowest BCUT2D eigenvalue weighted by molar-refractivity contribution is 0.101. The fourth-order valence-corrected chi connectivity index (χ4v) is 4.02. The zero-order chi connectivity index (χ0) is 14.8. The number of hydrogen-bond donors (Lipinski definition) is 2. The Morgan fingerprint density at radius 2 is 2.05 bits per heavy atom. The fraction of sp³-hybridized carbons (Fsp3) is 0.538. The number of halogens is 2. The normalized spacial score (nSPS) is 23.8. The molecule has 1 aromatic carbocycles. The number of rotatable bonds is 4. The third-order valence-electron chi connectivity index (χ3n) is 3.41. The lowest BCUT2D eigenvalue weighted by atomic mass is 9.93. The maximum Gasteiger partial charge on any atom is 0.216 e. The lowest BCUT2D eigenvalue weighted by Crippen LogP contribution is -2.45. The van der Waals surface area contributed by atoms with Crippen molar-refractivity contribution in [1.82, 2.24) is 4.72 Å². The van der Waals surface area contributed by atoms with E-state index in [2.05, 4.69) is 4.72 Å². The highest BCUT2D eigenvalue weighted by Crippen LogP contribution is 2.21. The van der Waals surface area contributed by atoms with Crippen LogP contribution in [-0.2, 0) is 15.8 Å². The van der Waals surface area contributed by atoms with Crippen LogP contribution in [0.5, 0.6) is 0 Å². The average molecular weight is 322 g/mol. The summed E-state index contributed by atoms with van der Waals surface area (Å²) < 4.78 is 40.1. The molecule has 7 heteroatoms. The molecule has 0 amide bonds. The third-order valence-corrected chi connectivity index (χ3v) is 5.00. The number of benzene rings is 1. The molecule has 0 aromatic heterocycles. The molecule has 4 nitrogen and oxygen atoms in total. The van der Waals surface area contributed by atoms with Crippen molar-refractivity contribution in [2.75, 3.05) is 0 Å². The van der Waals surface area contributed by atoms with Gasteiger partial charge in [0.25, 0.3) is 0 Å². The average Bonchev–Trinajstić information content (AvgIpc) is 2.36. The van der Waals surface area contributed by atoms with Gasteiger partial charge in [0.2, 0.25) is 10.0 Å². The van der Waals surface area contributed by atoms with Gasteiger partial charge in [0, 0.05) is 16.6 Å². The van der Waals surface area contributed by atoms with E-state index < -0.39 is 33.7 Å². The maximum absolute atomic E-state index is 13.6. The molecule has 2 unspecified atom stereocenters. The van der Waals surface area contributed by atoms with Crippen molar-refractivity contribution in [3.8, 4) is 0 Å². The zero-order valence-corrected chi connectivity index (χ0v) is 12.4. The van der Waals surface area contributed by atoms with E-state index in [1.807, 2.05) is 0 Å². The van der Waals surface area contributed by atoms with Crippen molar-refractivity contribution in [2.24, 2.45) is 0 Å². The van der Waals surface area contributed by atoms with Gasteiger partial charge in [-0.2, -0.15) is 0 Å². The Hall–Kier alpha value is -0.690. The molecule has 0 heterocycles. The van der Waals surface area contributed by atoms with E-state index in [1.54, 1.807) is 0 Å². The Kier molecular flexibility index (Phi) is 5.01. The predicted octanol–water partition coefficient (Wildman–Crippen LogP) is 2.20. The molecule has 0 spiro atoms. The van der Waals surface area contributed by atoms with E-state index >= 15 is 0 Å². The summed E-state index contributed by atoms with van der Waals surface area (Å²) in [5.41, 5.74) is 0.0234. The van der Waals surface area contributed by atoms with Crippen LogP contribution in [0.2, 0.25) is 5.02 Å². The summed E-state index contributed by atoms with van der Waals surface area (Å²) in [4.78, 5) is 0. The molecule has 2 N–H and O–H groups in total. The SMILES string of the molecule is O=S(=O)(Cc1cc(Cl)ccc1F)NC1CCCCC1O. The molecule has 0 bridgehead atoms. The number of aliphatic hydroxyl groups is 1. The maximum atomic E-state index is 13.6. The van der Waals surface area contributed by atoms with Crippen LogP contribution in [0, 0.1) is 5.82 Å². The van der Waals surface area contributed by atoms with Crippen LogP contribution in [0.1, 0.15) is 31.2 Å². The molecule has 112 valence electrons. The van der Waals surface area contributed by atoms with Crippen molar-refractivity contribution in [1.29, 1.82) is 0 Å². The summed E-state index contributed by atoms with van der Waals surface area (Å²) >= 11 is 5.74. The lowest BCUT2D eigenvalue weighted by Gasteiger charge is -2.28. The molecule has 2 rings (SSSR count). The molecule has 1 aliphatic rings. The highest BCUT2D eigenvalue weighted by atomic mass is 35.5. The topological polar surface area (TPSA) is 66.4 Å². The monoisotopic (exact) mass is 321 g/mol. The second-order valence-corrected chi connectivity index (χ2v) is 7.26. The molecular formula is C13H17ClFNO3S. The van der Waals surface area contributed by atoms with Crippen LogP contribution < -0.4 is 4.72 Å². The van der Waals surface area contributed by atoms with Crippen molar-refractivity contribution < 1.29 is 17.9 Å². The van der Waals surface area contributed by atoms with Crippen molar-refractivity contribution in [2.45, 2.75) is 43.6 Å². The van der Waals surface area contributed by atoms with E-state index in [0.717, 1.165) is 18.9 Å². The van der Waals surface area contributed by atoms with Crippen molar-refractivity contribution >= 4 is 21.6 Å². The molecule has 0 saturated heterocycles. The largest absolute Gasteiger partial charge is 0.391 e. The summed E-state index contributed by atoms with van der Waals surface area (Å²) in [6, 6.07) is 3.32. The number of sulfonamides is 1. The Balaban J connectivity index is 2.09. The molecule has 0 aliphatic heterocycles. The van der Waals surface area contributed by atoms with E-state index in [4.69, 9.17) is 11.6 Å². The van der Waals surface area contributed by atoms with Gasteiger partial charge in [-0.25, -0.2) is 17.5 Å². The standard InChI is InChI=1S/C13H17ClFNO3S/c14-10-5-6-11(15)9(7-10)8-20(18,19)16-12-3-1-2-4-13(12)17/h5-7,12-13,16-17H,1-4,8H2. The quantitative estimate of drug-likeness (QED) is 0.893. The van der Waals surface area contributed by atoms with Crippen LogP contribution in [-0.4, -0.2) is 25.7 Å². The van der Waals surface area contributed by atoms with Gasteiger partial charge >= 0.3 is 0 Å². The van der Waals surface area contributed by atoms with Gasteiger partial charge in [0.05, 0.1) is 11.9 Å². The van der Waals surface area contributed by atoms with Gasteiger partial charge < -0.3 is 5.11 Å². The van der Waals surface area contributed by atoms with Gasteiger partial charge in [-0.05, 0) is 31.0 Å². The van der Waals surface area contributed by atoms with Gasteiger partial charge in [0.15, 0.2) is 0 Å². The summed E-state index contributed by atoms with van der Waals surface area (Å²) in [7, 11) is -3.72. The van der Waals surface area contributed by atoms with Crippen LogP contribution in [0.3, 0.4) is 0 Å². The van der Waals surface area contributed by atoms with Crippen LogP contribution in [0.25, 0.3) is 0 Å². The van der Waals surface area contributed by atoms with Gasteiger partial charge in [-0.15, -0.1) is 0 Å². The predicted molar refractivity (Wildman–Crippen MR) is 75.4 cm³/mol. The smallest absolute Gasteiger partial charge is 0.216 e. The van der Waals surface area contributed by atoms with Crippen LogP contribution >= 0.6 is 11.6 Å². The van der Waals surface area contributed by atoms with Gasteiger partial charge in [-0.1, -0.05) is 24.4 Å². The Morgan fingerprint density at radius 1 is 1.35 bits per heavy atom. The Bertz CT molecular complexity index is 579. The highest BCUT2D eigenvalue weighted by molar-refractivity contribution is 7.88. The van der Waals surface area contributed by atoms with Gasteiger partial charge in [-0.3, -0.25) is 0 Å². The summed E-state index contributed by atoms with van der Waals surface area (Å²) in [6.07, 6.45) is 2.26. The number of nitrogens with one attached hydrogen (secondary N) is 1. The second kappa shape index (κ2) is 6.39. The Morgan fingerprint density at radius 3 is 2.75 bits per heavy atom. The molecule has 1 aliphatic carbocycles. The minimum absolute atomic E-state index is 0.0234. The molecule has 1 saturated carbocycles. The Labute approximate surface area is 123 Å². The molecular weight excluding hydrogens is 305 g/mol. The first kappa shape index (κ1) is 15.7. The first-order chi connectivity index (χ1) is 9.37. The van der Waals surface area contributed by atoms with Gasteiger partial charge in [0.1, 0.15) is 5.82 Å². The second-order valence-electron chi connectivity index (χ2n) is 5.07. The third kappa shape index (κ3) is 4.15. The first-order valence-electron chi connectivity index (χ1n) is 6.49. The van der Waals surface area contributed by atoms with Crippen LogP contribution in [0.4, 0.5) is 4.39 Å². The summed E-state index contributed by atoms with van der Waals surface area (Å²) in [5, 5.41) is 10.1. The van der Waals surface area contributed by atoms with E-state index in [-0.39, 0.29) is 10.6 Å². The highest BCUT2D eigenvalue weighted by Gasteiger charge is 2.27. The van der Waals surface area contributed by atoms with Crippen molar-refractivity contribution in [3.05, 3.63) is 34.6 Å². The zero-order valence-electron chi connectivity index (χ0n) is 10.9. The van der Waals surface area contributed by atoms with E-state index in [0.29, 0.717) is 12.8 Å².